The number of carboxylic acids is 1. The van der Waals surface area contributed by atoms with Crippen LogP contribution in [-0.4, -0.2) is 33.6 Å². The quantitative estimate of drug-likeness (QED) is 0.813. The van der Waals surface area contributed by atoms with E-state index in [-0.39, 0.29) is 0 Å². The highest BCUT2D eigenvalue weighted by atomic mass is 16.4. The first-order chi connectivity index (χ1) is 7.68. The summed E-state index contributed by atoms with van der Waals surface area (Å²) in [7, 11) is 0. The third kappa shape index (κ3) is 2.13. The summed E-state index contributed by atoms with van der Waals surface area (Å²) in [5.41, 5.74) is 0.861. The van der Waals surface area contributed by atoms with Crippen LogP contribution in [0.3, 0.4) is 0 Å². The fraction of sp³-hybridized carbons (Fsp3) is 0.545. The molecule has 1 atom stereocenters. The first-order valence-corrected chi connectivity index (χ1v) is 5.46. The van der Waals surface area contributed by atoms with E-state index in [4.69, 9.17) is 5.11 Å². The number of aryl methyl sites for hydroxylation is 1. The van der Waals surface area contributed by atoms with Crippen LogP contribution < -0.4 is 4.90 Å². The maximum absolute atomic E-state index is 11.1. The lowest BCUT2D eigenvalue weighted by molar-refractivity contribution is -0.139. The van der Waals surface area contributed by atoms with E-state index in [1.54, 1.807) is 0 Å². The minimum atomic E-state index is -0.768. The zero-order valence-corrected chi connectivity index (χ0v) is 9.26. The van der Waals surface area contributed by atoms with Gasteiger partial charge in [0.15, 0.2) is 0 Å². The highest BCUT2D eigenvalue weighted by molar-refractivity contribution is 5.77. The predicted molar refractivity (Wildman–Crippen MR) is 59.4 cm³/mol. The molecule has 1 saturated heterocycles. The smallest absolute Gasteiger partial charge is 0.326 e. The van der Waals surface area contributed by atoms with Crippen molar-refractivity contribution >= 4 is 11.8 Å². The molecule has 1 aliphatic rings. The van der Waals surface area contributed by atoms with Crippen molar-refractivity contribution in [1.82, 2.24) is 9.97 Å². The number of anilines is 1. The topological polar surface area (TPSA) is 66.3 Å². The number of carboxylic acid groups (broad SMARTS) is 1. The SMILES string of the molecule is Cc1cc(N2CCCCC2C(=O)O)ncn1. The number of piperidine rings is 1. The molecule has 1 N–H and O–H groups in total. The van der Waals surface area contributed by atoms with Gasteiger partial charge in [-0.3, -0.25) is 0 Å². The lowest BCUT2D eigenvalue weighted by Gasteiger charge is -2.33. The molecule has 2 rings (SSSR count). The Balaban J connectivity index is 2.26. The molecule has 86 valence electrons. The molecular formula is C11H15N3O2. The average Bonchev–Trinajstić information content (AvgIpc) is 2.29. The second kappa shape index (κ2) is 4.47. The maximum Gasteiger partial charge on any atom is 0.326 e. The lowest BCUT2D eigenvalue weighted by atomic mass is 10.0. The lowest BCUT2D eigenvalue weighted by Crippen LogP contribution is -2.45. The van der Waals surface area contributed by atoms with E-state index in [0.29, 0.717) is 6.42 Å². The van der Waals surface area contributed by atoms with Crippen molar-refractivity contribution < 1.29 is 9.90 Å². The zero-order valence-electron chi connectivity index (χ0n) is 9.26. The van der Waals surface area contributed by atoms with Gasteiger partial charge < -0.3 is 10.0 Å². The minimum absolute atomic E-state index is 0.442. The number of hydrogen-bond acceptors (Lipinski definition) is 4. The van der Waals surface area contributed by atoms with E-state index in [9.17, 15) is 4.79 Å². The second-order valence-corrected chi connectivity index (χ2v) is 4.06. The summed E-state index contributed by atoms with van der Waals surface area (Å²) in [6.45, 7) is 2.64. The number of carbonyl (C=O) groups is 1. The molecule has 0 bridgehead atoms. The van der Waals surface area contributed by atoms with Gasteiger partial charge in [-0.2, -0.15) is 0 Å². The van der Waals surface area contributed by atoms with Gasteiger partial charge in [0.25, 0.3) is 0 Å². The van der Waals surface area contributed by atoms with Crippen molar-refractivity contribution in [3.63, 3.8) is 0 Å². The first kappa shape index (κ1) is 10.9. The van der Waals surface area contributed by atoms with Crippen molar-refractivity contribution in [3.05, 3.63) is 18.1 Å². The van der Waals surface area contributed by atoms with Crippen LogP contribution in [0.25, 0.3) is 0 Å². The van der Waals surface area contributed by atoms with E-state index < -0.39 is 12.0 Å². The highest BCUT2D eigenvalue weighted by Crippen LogP contribution is 2.23. The summed E-state index contributed by atoms with van der Waals surface area (Å²) < 4.78 is 0. The van der Waals surface area contributed by atoms with E-state index in [1.165, 1.54) is 6.33 Å². The van der Waals surface area contributed by atoms with Crippen LogP contribution in [0.15, 0.2) is 12.4 Å². The number of nitrogens with zero attached hydrogens (tertiary/aromatic N) is 3. The second-order valence-electron chi connectivity index (χ2n) is 4.06. The molecule has 1 aliphatic heterocycles. The average molecular weight is 221 g/mol. The van der Waals surface area contributed by atoms with Gasteiger partial charge in [-0.25, -0.2) is 14.8 Å². The van der Waals surface area contributed by atoms with Crippen molar-refractivity contribution in [1.29, 1.82) is 0 Å². The van der Waals surface area contributed by atoms with Gasteiger partial charge in [-0.05, 0) is 26.2 Å². The van der Waals surface area contributed by atoms with Crippen molar-refractivity contribution in [2.24, 2.45) is 0 Å². The normalized spacial score (nSPS) is 20.8. The Kier molecular flexibility index (Phi) is 3.03. The van der Waals surface area contributed by atoms with Gasteiger partial charge >= 0.3 is 5.97 Å². The summed E-state index contributed by atoms with van der Waals surface area (Å²) in [6, 6.07) is 1.39. The number of aliphatic carboxylic acids is 1. The third-order valence-electron chi connectivity index (χ3n) is 2.87. The van der Waals surface area contributed by atoms with Crippen LogP contribution >= 0.6 is 0 Å². The predicted octanol–water partition coefficient (Wildman–Crippen LogP) is 1.23. The van der Waals surface area contributed by atoms with Crippen LogP contribution in [0.1, 0.15) is 25.0 Å². The van der Waals surface area contributed by atoms with Crippen molar-refractivity contribution in [3.8, 4) is 0 Å². The Labute approximate surface area is 94.1 Å². The Morgan fingerprint density at radius 2 is 2.31 bits per heavy atom. The fourth-order valence-electron chi connectivity index (χ4n) is 2.06. The maximum atomic E-state index is 11.1. The van der Waals surface area contributed by atoms with E-state index in [2.05, 4.69) is 9.97 Å². The minimum Gasteiger partial charge on any atom is -0.480 e. The van der Waals surface area contributed by atoms with Gasteiger partial charge in [-0.1, -0.05) is 0 Å². The van der Waals surface area contributed by atoms with Gasteiger partial charge in [0.2, 0.25) is 0 Å². The molecule has 5 nitrogen and oxygen atoms in total. The Morgan fingerprint density at radius 3 is 3.00 bits per heavy atom. The zero-order chi connectivity index (χ0) is 11.5. The number of hydrogen-bond donors (Lipinski definition) is 1. The summed E-state index contributed by atoms with van der Waals surface area (Å²) in [4.78, 5) is 21.2. The molecule has 0 radical (unpaired) electrons. The van der Waals surface area contributed by atoms with E-state index >= 15 is 0 Å². The molecule has 1 fully saturated rings. The van der Waals surface area contributed by atoms with Crippen LogP contribution in [-0.2, 0) is 4.79 Å². The molecule has 16 heavy (non-hydrogen) atoms. The molecule has 1 aromatic heterocycles. The number of rotatable bonds is 2. The van der Waals surface area contributed by atoms with Crippen molar-refractivity contribution in [2.75, 3.05) is 11.4 Å². The molecule has 0 aliphatic carbocycles. The van der Waals surface area contributed by atoms with Gasteiger partial charge in [0.1, 0.15) is 18.2 Å². The Bertz CT molecular complexity index is 395. The first-order valence-electron chi connectivity index (χ1n) is 5.46. The summed E-state index contributed by atoms with van der Waals surface area (Å²) in [5.74, 6) is -0.0458. The van der Waals surface area contributed by atoms with E-state index in [1.807, 2.05) is 17.9 Å². The van der Waals surface area contributed by atoms with Crippen LogP contribution in [0.4, 0.5) is 5.82 Å². The third-order valence-corrected chi connectivity index (χ3v) is 2.87. The molecule has 2 heterocycles. The monoisotopic (exact) mass is 221 g/mol. The Hall–Kier alpha value is -1.65. The molecule has 5 heteroatoms. The van der Waals surface area contributed by atoms with Gasteiger partial charge in [-0.15, -0.1) is 0 Å². The molecule has 1 aromatic rings. The molecule has 1 unspecified atom stereocenters. The molecular weight excluding hydrogens is 206 g/mol. The summed E-state index contributed by atoms with van der Waals surface area (Å²) >= 11 is 0. The standard InChI is InChI=1S/C11H15N3O2/c1-8-6-10(13-7-12-8)14-5-3-2-4-9(14)11(15)16/h6-7,9H,2-5H2,1H3,(H,15,16). The van der Waals surface area contributed by atoms with E-state index in [0.717, 1.165) is 30.9 Å². The molecule has 0 aromatic carbocycles. The fourth-order valence-corrected chi connectivity index (χ4v) is 2.06. The summed E-state index contributed by atoms with van der Waals surface area (Å²) in [6.07, 6.45) is 4.17. The molecule has 0 amide bonds. The largest absolute Gasteiger partial charge is 0.480 e. The van der Waals surface area contributed by atoms with Gasteiger partial charge in [0.05, 0.1) is 0 Å². The van der Waals surface area contributed by atoms with Crippen molar-refractivity contribution in [2.45, 2.75) is 32.2 Å². The molecule has 0 spiro atoms. The van der Waals surface area contributed by atoms with Crippen LogP contribution in [0.5, 0.6) is 0 Å². The number of aromatic nitrogens is 2. The van der Waals surface area contributed by atoms with Crippen LogP contribution in [0, 0.1) is 6.92 Å². The van der Waals surface area contributed by atoms with Gasteiger partial charge in [0, 0.05) is 18.3 Å². The van der Waals surface area contributed by atoms with Crippen LogP contribution in [0.2, 0.25) is 0 Å². The summed E-state index contributed by atoms with van der Waals surface area (Å²) in [5, 5.41) is 9.15. The molecule has 0 saturated carbocycles. The Morgan fingerprint density at radius 1 is 1.50 bits per heavy atom. The highest BCUT2D eigenvalue weighted by Gasteiger charge is 2.29.